The lowest BCUT2D eigenvalue weighted by molar-refractivity contribution is -0.0810. The van der Waals surface area contributed by atoms with Crippen molar-refractivity contribution in [3.05, 3.63) is 0 Å². The maximum Gasteiger partial charge on any atom is 0.0789 e. The topological polar surface area (TPSA) is 36.3 Å². The molecule has 0 aromatic heterocycles. The van der Waals surface area contributed by atoms with Gasteiger partial charge < -0.3 is 4.74 Å². The molecule has 0 spiro atoms. The van der Waals surface area contributed by atoms with Crippen molar-refractivity contribution in [2.45, 2.75) is 70.7 Å². The summed E-state index contributed by atoms with van der Waals surface area (Å²) in [5.74, 6) is 0. The van der Waals surface area contributed by atoms with Crippen LogP contribution >= 0.6 is 0 Å². The molecule has 1 rings (SSSR count). The summed E-state index contributed by atoms with van der Waals surface area (Å²) in [6.45, 7) is 10.7. The van der Waals surface area contributed by atoms with E-state index in [1.54, 1.807) is 0 Å². The summed E-state index contributed by atoms with van der Waals surface area (Å²) in [4.78, 5) is 2.29. The van der Waals surface area contributed by atoms with Crippen LogP contribution in [0.4, 0.5) is 0 Å². The van der Waals surface area contributed by atoms with E-state index in [0.717, 1.165) is 6.42 Å². The van der Waals surface area contributed by atoms with Crippen LogP contribution in [0.3, 0.4) is 0 Å². The van der Waals surface area contributed by atoms with Gasteiger partial charge in [-0.05, 0) is 48.1 Å². The van der Waals surface area contributed by atoms with Crippen LogP contribution in [0.25, 0.3) is 0 Å². The molecule has 16 heavy (non-hydrogen) atoms. The first-order valence-electron chi connectivity index (χ1n) is 5.99. The third-order valence-electron chi connectivity index (χ3n) is 3.60. The summed E-state index contributed by atoms with van der Waals surface area (Å²) in [7, 11) is 2.10. The third kappa shape index (κ3) is 2.75. The minimum absolute atomic E-state index is 0.0607. The molecular formula is C13H24N2O. The molecule has 0 radical (unpaired) electrons. The Morgan fingerprint density at radius 1 is 1.44 bits per heavy atom. The molecule has 0 aliphatic carbocycles. The summed E-state index contributed by atoms with van der Waals surface area (Å²) in [5.41, 5.74) is -0.198. The SMILES string of the molecule is CC(CC#N)N(C)C1CC(C)(C)OC1(C)C. The van der Waals surface area contributed by atoms with E-state index >= 15 is 0 Å². The van der Waals surface area contributed by atoms with Gasteiger partial charge in [-0.15, -0.1) is 0 Å². The Balaban J connectivity index is 2.77. The number of ether oxygens (including phenoxy) is 1. The number of nitrogens with zero attached hydrogens (tertiary/aromatic N) is 2. The first-order valence-corrected chi connectivity index (χ1v) is 5.99. The molecule has 3 heteroatoms. The van der Waals surface area contributed by atoms with E-state index in [-0.39, 0.29) is 17.2 Å². The average Bonchev–Trinajstić information content (AvgIpc) is 2.33. The first kappa shape index (κ1) is 13.5. The normalized spacial score (nSPS) is 29.0. The van der Waals surface area contributed by atoms with Crippen molar-refractivity contribution in [1.29, 1.82) is 5.26 Å². The van der Waals surface area contributed by atoms with Gasteiger partial charge in [-0.25, -0.2) is 0 Å². The monoisotopic (exact) mass is 224 g/mol. The van der Waals surface area contributed by atoms with Crippen molar-refractivity contribution in [2.75, 3.05) is 7.05 Å². The number of hydrogen-bond acceptors (Lipinski definition) is 3. The van der Waals surface area contributed by atoms with E-state index in [1.807, 2.05) is 0 Å². The molecule has 3 nitrogen and oxygen atoms in total. The Morgan fingerprint density at radius 3 is 2.38 bits per heavy atom. The van der Waals surface area contributed by atoms with Crippen LogP contribution in [0.1, 0.15) is 47.5 Å². The van der Waals surface area contributed by atoms with Gasteiger partial charge in [0, 0.05) is 12.1 Å². The predicted molar refractivity (Wildman–Crippen MR) is 65.1 cm³/mol. The van der Waals surface area contributed by atoms with Crippen molar-refractivity contribution in [2.24, 2.45) is 0 Å². The Bertz CT molecular complexity index is 291. The van der Waals surface area contributed by atoms with Gasteiger partial charge in [-0.2, -0.15) is 5.26 Å². The Labute approximate surface area is 99.4 Å². The molecule has 2 atom stereocenters. The molecular weight excluding hydrogens is 200 g/mol. The fourth-order valence-electron chi connectivity index (χ4n) is 2.75. The Kier molecular flexibility index (Phi) is 3.66. The van der Waals surface area contributed by atoms with Crippen molar-refractivity contribution < 1.29 is 4.74 Å². The number of nitriles is 1. The Hall–Kier alpha value is -0.590. The van der Waals surface area contributed by atoms with Crippen LogP contribution in [-0.4, -0.2) is 35.2 Å². The van der Waals surface area contributed by atoms with Gasteiger partial charge in [-0.3, -0.25) is 4.90 Å². The molecule has 1 aliphatic rings. The van der Waals surface area contributed by atoms with Gasteiger partial charge in [0.2, 0.25) is 0 Å². The van der Waals surface area contributed by atoms with Gasteiger partial charge in [0.05, 0.1) is 23.7 Å². The molecule has 2 unspecified atom stereocenters. The van der Waals surface area contributed by atoms with Crippen LogP contribution < -0.4 is 0 Å². The lowest BCUT2D eigenvalue weighted by Gasteiger charge is -2.36. The van der Waals surface area contributed by atoms with E-state index in [1.165, 1.54) is 0 Å². The molecule has 0 bridgehead atoms. The van der Waals surface area contributed by atoms with Crippen LogP contribution in [0.15, 0.2) is 0 Å². The van der Waals surface area contributed by atoms with Gasteiger partial charge in [-0.1, -0.05) is 0 Å². The van der Waals surface area contributed by atoms with Crippen LogP contribution in [0, 0.1) is 11.3 Å². The lowest BCUT2D eigenvalue weighted by Crippen LogP contribution is -2.48. The first-order chi connectivity index (χ1) is 7.19. The zero-order valence-electron chi connectivity index (χ0n) is 11.4. The smallest absolute Gasteiger partial charge is 0.0789 e. The van der Waals surface area contributed by atoms with Crippen molar-refractivity contribution in [3.8, 4) is 6.07 Å². The number of likely N-dealkylation sites (N-methyl/N-ethyl adjacent to an activating group) is 1. The summed E-state index contributed by atoms with van der Waals surface area (Å²) in [5, 5.41) is 8.75. The fourth-order valence-corrected chi connectivity index (χ4v) is 2.75. The zero-order valence-corrected chi connectivity index (χ0v) is 11.4. The van der Waals surface area contributed by atoms with Crippen molar-refractivity contribution in [3.63, 3.8) is 0 Å². The van der Waals surface area contributed by atoms with Gasteiger partial charge in [0.25, 0.3) is 0 Å². The highest BCUT2D eigenvalue weighted by Gasteiger charge is 2.48. The largest absolute Gasteiger partial charge is 0.368 e. The molecule has 1 aliphatic heterocycles. The van der Waals surface area contributed by atoms with E-state index in [9.17, 15) is 0 Å². The number of rotatable bonds is 3. The van der Waals surface area contributed by atoms with E-state index in [2.05, 4.69) is 52.6 Å². The van der Waals surface area contributed by atoms with Crippen LogP contribution in [-0.2, 0) is 4.74 Å². The molecule has 92 valence electrons. The minimum Gasteiger partial charge on any atom is -0.368 e. The van der Waals surface area contributed by atoms with E-state index < -0.39 is 0 Å². The summed E-state index contributed by atoms with van der Waals surface area (Å²) in [6, 6.07) is 2.90. The molecule has 0 saturated carbocycles. The maximum atomic E-state index is 8.75. The molecule has 0 N–H and O–H groups in total. The second kappa shape index (κ2) is 4.35. The summed E-state index contributed by atoms with van der Waals surface area (Å²) >= 11 is 0. The predicted octanol–water partition coefficient (Wildman–Crippen LogP) is 2.57. The average molecular weight is 224 g/mol. The molecule has 1 fully saturated rings. The highest BCUT2D eigenvalue weighted by atomic mass is 16.5. The molecule has 1 heterocycles. The second-order valence-electron chi connectivity index (χ2n) is 6.06. The Morgan fingerprint density at radius 2 is 2.00 bits per heavy atom. The molecule has 0 aromatic rings. The second-order valence-corrected chi connectivity index (χ2v) is 6.06. The maximum absolute atomic E-state index is 8.75. The number of hydrogen-bond donors (Lipinski definition) is 0. The summed E-state index contributed by atoms with van der Waals surface area (Å²) < 4.78 is 6.07. The van der Waals surface area contributed by atoms with Gasteiger partial charge in [0.1, 0.15) is 0 Å². The highest BCUT2D eigenvalue weighted by Crippen LogP contribution is 2.40. The van der Waals surface area contributed by atoms with E-state index in [0.29, 0.717) is 12.5 Å². The highest BCUT2D eigenvalue weighted by molar-refractivity contribution is 5.00. The molecule has 1 saturated heterocycles. The third-order valence-corrected chi connectivity index (χ3v) is 3.60. The molecule has 0 aromatic carbocycles. The summed E-state index contributed by atoms with van der Waals surface area (Å²) in [6.07, 6.45) is 1.59. The molecule has 0 amide bonds. The van der Waals surface area contributed by atoms with Crippen LogP contribution in [0.5, 0.6) is 0 Å². The zero-order chi connectivity index (χ0) is 12.6. The van der Waals surface area contributed by atoms with Crippen LogP contribution in [0.2, 0.25) is 0 Å². The van der Waals surface area contributed by atoms with Gasteiger partial charge >= 0.3 is 0 Å². The minimum atomic E-state index is -0.137. The van der Waals surface area contributed by atoms with Crippen molar-refractivity contribution in [1.82, 2.24) is 4.90 Å². The standard InChI is InChI=1S/C13H24N2O/c1-10(7-8-14)15(6)11-9-12(2,3)16-13(11,4)5/h10-11H,7,9H2,1-6H3. The fraction of sp³-hybridized carbons (Fsp3) is 0.923. The van der Waals surface area contributed by atoms with E-state index in [4.69, 9.17) is 10.00 Å². The quantitative estimate of drug-likeness (QED) is 0.739. The van der Waals surface area contributed by atoms with Crippen molar-refractivity contribution >= 4 is 0 Å². The lowest BCUT2D eigenvalue weighted by atomic mass is 9.92. The van der Waals surface area contributed by atoms with Gasteiger partial charge in [0.15, 0.2) is 0 Å².